The monoisotopic (exact) mass is 341 g/mol. The lowest BCUT2D eigenvalue weighted by Crippen LogP contribution is -2.18. The number of esters is 1. The van der Waals surface area contributed by atoms with Gasteiger partial charge in [-0.15, -0.1) is 13.2 Å². The van der Waals surface area contributed by atoms with Crippen LogP contribution >= 0.6 is 15.9 Å². The Morgan fingerprint density at radius 2 is 2.05 bits per heavy atom. The Kier molecular flexibility index (Phi) is 5.04. The second-order valence-electron chi connectivity index (χ2n) is 3.52. The minimum Gasteiger partial charge on any atom is -0.466 e. The van der Waals surface area contributed by atoms with Gasteiger partial charge in [-0.3, -0.25) is 4.79 Å². The van der Waals surface area contributed by atoms with Gasteiger partial charge >= 0.3 is 12.3 Å². The molecule has 0 bridgehead atoms. The highest BCUT2D eigenvalue weighted by Gasteiger charge is 2.32. The molecule has 1 rings (SSSR count). The summed E-state index contributed by atoms with van der Waals surface area (Å²) in [6.07, 6.45) is -5.04. The number of hydrogen-bond donors (Lipinski definition) is 1. The van der Waals surface area contributed by atoms with Gasteiger partial charge in [-0.2, -0.15) is 0 Å². The molecule has 0 saturated heterocycles. The molecule has 1 aromatic carbocycles. The topological polar surface area (TPSA) is 61.5 Å². The van der Waals surface area contributed by atoms with Crippen molar-refractivity contribution in [2.75, 3.05) is 12.3 Å². The highest BCUT2D eigenvalue weighted by molar-refractivity contribution is 9.10. The summed E-state index contributed by atoms with van der Waals surface area (Å²) in [5, 5.41) is 0. The summed E-state index contributed by atoms with van der Waals surface area (Å²) in [5.41, 5.74) is 5.80. The van der Waals surface area contributed by atoms with Crippen molar-refractivity contribution >= 4 is 27.6 Å². The average molecular weight is 342 g/mol. The minimum atomic E-state index is -4.84. The maximum atomic E-state index is 12.2. The molecule has 0 aromatic heterocycles. The molecule has 0 aliphatic rings. The standard InChI is InChI=1S/C11H11BrF3NO3/c1-2-18-9(17)4-6-3-7(16)5-8(10(6)12)19-11(13,14)15/h3,5H,2,4,16H2,1H3. The molecule has 0 fully saturated rings. The van der Waals surface area contributed by atoms with Crippen LogP contribution in [0.2, 0.25) is 0 Å². The average Bonchev–Trinajstić information content (AvgIpc) is 2.23. The normalized spacial score (nSPS) is 11.2. The van der Waals surface area contributed by atoms with Crippen LogP contribution in [0.4, 0.5) is 18.9 Å². The highest BCUT2D eigenvalue weighted by Crippen LogP contribution is 2.35. The van der Waals surface area contributed by atoms with Crippen LogP contribution < -0.4 is 10.5 Å². The second-order valence-corrected chi connectivity index (χ2v) is 4.31. The molecular formula is C11H11BrF3NO3. The highest BCUT2D eigenvalue weighted by atomic mass is 79.9. The molecule has 0 atom stereocenters. The van der Waals surface area contributed by atoms with Gasteiger partial charge in [-0.25, -0.2) is 0 Å². The third-order valence-corrected chi connectivity index (χ3v) is 2.90. The van der Waals surface area contributed by atoms with E-state index < -0.39 is 18.1 Å². The Bertz CT molecular complexity index is 477. The molecule has 0 aliphatic heterocycles. The molecule has 8 heteroatoms. The Morgan fingerprint density at radius 1 is 1.42 bits per heavy atom. The molecule has 4 nitrogen and oxygen atoms in total. The van der Waals surface area contributed by atoms with Gasteiger partial charge < -0.3 is 15.2 Å². The maximum absolute atomic E-state index is 12.2. The first-order valence-electron chi connectivity index (χ1n) is 5.22. The van der Waals surface area contributed by atoms with E-state index in [-0.39, 0.29) is 28.8 Å². The van der Waals surface area contributed by atoms with Crippen molar-refractivity contribution in [3.05, 3.63) is 22.2 Å². The fraction of sp³-hybridized carbons (Fsp3) is 0.364. The maximum Gasteiger partial charge on any atom is 0.573 e. The van der Waals surface area contributed by atoms with E-state index in [1.165, 1.54) is 6.07 Å². The lowest BCUT2D eigenvalue weighted by atomic mass is 10.1. The molecule has 0 amide bonds. The fourth-order valence-corrected chi connectivity index (χ4v) is 1.82. The molecule has 0 spiro atoms. The number of rotatable bonds is 4. The van der Waals surface area contributed by atoms with E-state index in [4.69, 9.17) is 10.5 Å². The third kappa shape index (κ3) is 4.98. The van der Waals surface area contributed by atoms with Gasteiger partial charge in [0.05, 0.1) is 17.5 Å². The zero-order valence-corrected chi connectivity index (χ0v) is 11.5. The minimum absolute atomic E-state index is 0.0204. The summed E-state index contributed by atoms with van der Waals surface area (Å²) in [5.74, 6) is -1.06. The van der Waals surface area contributed by atoms with Gasteiger partial charge in [-0.05, 0) is 34.5 Å². The summed E-state index contributed by atoms with van der Waals surface area (Å²) in [7, 11) is 0. The molecule has 1 aromatic rings. The van der Waals surface area contributed by atoms with E-state index in [1.54, 1.807) is 6.92 Å². The van der Waals surface area contributed by atoms with Crippen LogP contribution in [-0.4, -0.2) is 18.9 Å². The van der Waals surface area contributed by atoms with Gasteiger partial charge in [0.2, 0.25) is 0 Å². The van der Waals surface area contributed by atoms with Crippen LogP contribution in [0.3, 0.4) is 0 Å². The van der Waals surface area contributed by atoms with Crippen molar-refractivity contribution in [3.63, 3.8) is 0 Å². The summed E-state index contributed by atoms with van der Waals surface area (Å²) in [6.45, 7) is 1.81. The predicted octanol–water partition coefficient (Wildman–Crippen LogP) is 3.04. The van der Waals surface area contributed by atoms with E-state index in [2.05, 4.69) is 20.7 Å². The van der Waals surface area contributed by atoms with Crippen LogP contribution in [0.15, 0.2) is 16.6 Å². The first-order valence-corrected chi connectivity index (χ1v) is 6.01. The Hall–Kier alpha value is -1.44. The number of carbonyl (C=O) groups is 1. The molecule has 0 aliphatic carbocycles. The smallest absolute Gasteiger partial charge is 0.466 e. The number of alkyl halides is 3. The van der Waals surface area contributed by atoms with Gasteiger partial charge in [0.1, 0.15) is 5.75 Å². The molecule has 19 heavy (non-hydrogen) atoms. The number of ether oxygens (including phenoxy) is 2. The van der Waals surface area contributed by atoms with Gasteiger partial charge in [0, 0.05) is 11.8 Å². The van der Waals surface area contributed by atoms with E-state index in [0.717, 1.165) is 6.07 Å². The predicted molar refractivity (Wildman–Crippen MR) is 65.6 cm³/mol. The van der Waals surface area contributed by atoms with Crippen molar-refractivity contribution in [1.29, 1.82) is 0 Å². The molecule has 0 radical (unpaired) electrons. The number of hydrogen-bond acceptors (Lipinski definition) is 4. The number of benzene rings is 1. The van der Waals surface area contributed by atoms with Crippen LogP contribution in [0.5, 0.6) is 5.75 Å². The van der Waals surface area contributed by atoms with Gasteiger partial charge in [-0.1, -0.05) is 0 Å². The third-order valence-electron chi connectivity index (χ3n) is 2.00. The van der Waals surface area contributed by atoms with Crippen molar-refractivity contribution in [1.82, 2.24) is 0 Å². The molecule has 0 heterocycles. The van der Waals surface area contributed by atoms with E-state index in [0.29, 0.717) is 0 Å². The first-order chi connectivity index (χ1) is 8.73. The Labute approximate surface area is 115 Å². The molecule has 106 valence electrons. The molecule has 0 saturated carbocycles. The van der Waals surface area contributed by atoms with Gasteiger partial charge in [0.25, 0.3) is 0 Å². The summed E-state index contributed by atoms with van der Waals surface area (Å²) in [6, 6.07) is 2.40. The lowest BCUT2D eigenvalue weighted by molar-refractivity contribution is -0.274. The van der Waals surface area contributed by atoms with Crippen molar-refractivity contribution in [3.8, 4) is 5.75 Å². The second kappa shape index (κ2) is 6.14. The summed E-state index contributed by atoms with van der Waals surface area (Å²) >= 11 is 2.96. The number of carbonyl (C=O) groups excluding carboxylic acids is 1. The number of nitrogen functional groups attached to an aromatic ring is 1. The quantitative estimate of drug-likeness (QED) is 0.675. The fourth-order valence-electron chi connectivity index (χ4n) is 1.37. The van der Waals surface area contributed by atoms with Gasteiger partial charge in [0.15, 0.2) is 0 Å². The molecule has 0 unspecified atom stereocenters. The SMILES string of the molecule is CCOC(=O)Cc1cc(N)cc(OC(F)(F)F)c1Br. The number of anilines is 1. The van der Waals surface area contributed by atoms with Crippen LogP contribution in [0.1, 0.15) is 12.5 Å². The Morgan fingerprint density at radius 3 is 2.58 bits per heavy atom. The van der Waals surface area contributed by atoms with E-state index in [9.17, 15) is 18.0 Å². The van der Waals surface area contributed by atoms with E-state index in [1.807, 2.05) is 0 Å². The summed E-state index contributed by atoms with van der Waals surface area (Å²) in [4.78, 5) is 11.3. The number of halogens is 4. The van der Waals surface area contributed by atoms with Crippen molar-refractivity contribution < 1.29 is 27.4 Å². The first kappa shape index (κ1) is 15.6. The molecular weight excluding hydrogens is 331 g/mol. The zero-order chi connectivity index (χ0) is 14.6. The summed E-state index contributed by atoms with van der Waals surface area (Å²) < 4.78 is 45.1. The van der Waals surface area contributed by atoms with Crippen LogP contribution in [0.25, 0.3) is 0 Å². The van der Waals surface area contributed by atoms with Crippen LogP contribution in [0, 0.1) is 0 Å². The van der Waals surface area contributed by atoms with E-state index >= 15 is 0 Å². The largest absolute Gasteiger partial charge is 0.573 e. The Balaban J connectivity index is 3.03. The van der Waals surface area contributed by atoms with Crippen molar-refractivity contribution in [2.24, 2.45) is 0 Å². The molecule has 2 N–H and O–H groups in total. The van der Waals surface area contributed by atoms with Crippen LogP contribution in [-0.2, 0) is 16.0 Å². The number of nitrogens with two attached hydrogens (primary N) is 1. The lowest BCUT2D eigenvalue weighted by Gasteiger charge is -2.14. The van der Waals surface area contributed by atoms with Crippen molar-refractivity contribution in [2.45, 2.75) is 19.7 Å². The zero-order valence-electron chi connectivity index (χ0n) is 9.88.